The highest BCUT2D eigenvalue weighted by Crippen LogP contribution is 2.40. The molecule has 0 fully saturated rings. The third kappa shape index (κ3) is 6.51. The number of nitrogens with zero attached hydrogens (tertiary/aromatic N) is 2. The summed E-state index contributed by atoms with van der Waals surface area (Å²) in [5, 5.41) is 3.89. The first-order valence-corrected chi connectivity index (χ1v) is 22.0. The Morgan fingerprint density at radius 1 is 0.333 bits per heavy atom. The molecule has 2 aromatic heterocycles. The van der Waals surface area contributed by atoms with Gasteiger partial charge >= 0.3 is 0 Å². The van der Waals surface area contributed by atoms with Crippen LogP contribution in [0.15, 0.2) is 224 Å². The van der Waals surface area contributed by atoms with E-state index in [1.807, 2.05) is 0 Å². The van der Waals surface area contributed by atoms with Crippen LogP contribution in [0.1, 0.15) is 18.2 Å². The molecule has 2 nitrogen and oxygen atoms in total. The lowest BCUT2D eigenvalue weighted by molar-refractivity contribution is 0.718. The maximum atomic E-state index is 2.44. The number of benzene rings is 9. The van der Waals surface area contributed by atoms with Crippen molar-refractivity contribution >= 4 is 38.8 Å². The third-order valence-corrected chi connectivity index (χ3v) is 13.0. The number of aromatic nitrogens is 2. The quantitative estimate of drug-likeness (QED) is 0.152. The molecular weight excluding hydrogens is 761 g/mol. The Bertz CT molecular complexity index is 3460. The summed E-state index contributed by atoms with van der Waals surface area (Å²) < 4.78 is 4.82. The molecule has 0 N–H and O–H groups in total. The number of para-hydroxylation sites is 3. The molecule has 0 amide bonds. The summed E-state index contributed by atoms with van der Waals surface area (Å²) >= 11 is 0. The van der Waals surface area contributed by atoms with Gasteiger partial charge in [0.25, 0.3) is 0 Å². The molecule has 1 aliphatic carbocycles. The summed E-state index contributed by atoms with van der Waals surface area (Å²) in [6.45, 7) is 2.31. The van der Waals surface area contributed by atoms with Crippen LogP contribution in [-0.2, 0) is 6.42 Å². The van der Waals surface area contributed by atoms with E-state index in [2.05, 4.69) is 247 Å². The van der Waals surface area contributed by atoms with Gasteiger partial charge in [-0.1, -0.05) is 153 Å². The highest BCUT2D eigenvalue weighted by atomic mass is 15.0. The first-order chi connectivity index (χ1) is 31.1. The van der Waals surface area contributed by atoms with Crippen LogP contribution in [-0.4, -0.2) is 9.13 Å². The molecule has 0 aliphatic heterocycles. The second-order valence-corrected chi connectivity index (χ2v) is 17.1. The van der Waals surface area contributed by atoms with Gasteiger partial charge in [-0.05, 0) is 158 Å². The predicted octanol–water partition coefficient (Wildman–Crippen LogP) is 16.3. The minimum absolute atomic E-state index is 0.535. The van der Waals surface area contributed by atoms with Crippen LogP contribution in [0, 0.1) is 5.92 Å². The van der Waals surface area contributed by atoms with E-state index in [4.69, 9.17) is 0 Å². The zero-order valence-electron chi connectivity index (χ0n) is 35.1. The molecule has 0 spiro atoms. The highest BCUT2D eigenvalue weighted by molar-refractivity contribution is 6.09. The first-order valence-electron chi connectivity index (χ1n) is 22.0. The molecule has 1 aliphatic rings. The lowest BCUT2D eigenvalue weighted by Crippen LogP contribution is -2.05. The number of rotatable bonds is 7. The van der Waals surface area contributed by atoms with Crippen LogP contribution >= 0.6 is 0 Å². The Morgan fingerprint density at radius 3 is 1.14 bits per heavy atom. The van der Waals surface area contributed by atoms with Gasteiger partial charge in [0.2, 0.25) is 0 Å². The van der Waals surface area contributed by atoms with E-state index in [-0.39, 0.29) is 0 Å². The normalized spacial score (nSPS) is 13.5. The SMILES string of the molecule is CC1C=Cc2c(c3ccccc3n2-c2ccc(-c3cc(-c4ccccc4)cc(-c4cc(-c5ccccc5)cc(-c5ccc(-n6c7ccccc7c7ccccc76)cc5)c4)c3)cc2)C1. The molecule has 298 valence electrons. The van der Waals surface area contributed by atoms with E-state index < -0.39 is 0 Å². The predicted molar refractivity (Wildman–Crippen MR) is 267 cm³/mol. The van der Waals surface area contributed by atoms with Gasteiger partial charge in [0.05, 0.1) is 16.6 Å². The molecular formula is C61H44N2. The molecule has 0 saturated carbocycles. The Balaban J connectivity index is 0.978. The van der Waals surface area contributed by atoms with E-state index in [0.29, 0.717) is 5.92 Å². The van der Waals surface area contributed by atoms with Crippen LogP contribution in [0.4, 0.5) is 0 Å². The van der Waals surface area contributed by atoms with Gasteiger partial charge in [0.15, 0.2) is 0 Å². The second kappa shape index (κ2) is 15.2. The average molecular weight is 805 g/mol. The maximum Gasteiger partial charge on any atom is 0.0541 e. The van der Waals surface area contributed by atoms with Crippen molar-refractivity contribution in [3.63, 3.8) is 0 Å². The van der Waals surface area contributed by atoms with Gasteiger partial charge in [-0.25, -0.2) is 0 Å². The zero-order valence-corrected chi connectivity index (χ0v) is 35.1. The fraction of sp³-hybridized carbons (Fsp3) is 0.0492. The van der Waals surface area contributed by atoms with Crippen molar-refractivity contribution in [2.24, 2.45) is 5.92 Å². The fourth-order valence-corrected chi connectivity index (χ4v) is 9.96. The van der Waals surface area contributed by atoms with Gasteiger partial charge in [-0.3, -0.25) is 0 Å². The Labute approximate surface area is 368 Å². The van der Waals surface area contributed by atoms with Gasteiger partial charge in [0, 0.05) is 33.2 Å². The number of allylic oxidation sites excluding steroid dienone is 1. The largest absolute Gasteiger partial charge is 0.310 e. The standard InChI is InChI=1S/C61H44N2/c1-41-24-33-61-57(34-41)56-20-10-13-23-60(56)63(61)53-31-27-45(28-32-53)49-36-47(43-16-6-3-7-17-43)38-51(40-49)50-37-46(42-14-4-2-5-15-42)35-48(39-50)44-25-29-52(30-26-44)62-58-21-11-8-18-54(58)55-19-9-12-22-59(55)62/h2-33,35-41H,34H2,1H3. The van der Waals surface area contributed by atoms with E-state index >= 15 is 0 Å². The van der Waals surface area contributed by atoms with Gasteiger partial charge in [-0.2, -0.15) is 0 Å². The van der Waals surface area contributed by atoms with Crippen molar-refractivity contribution in [3.8, 4) is 67.0 Å². The van der Waals surface area contributed by atoms with Crippen LogP contribution in [0.25, 0.3) is 106 Å². The van der Waals surface area contributed by atoms with E-state index in [0.717, 1.165) is 12.1 Å². The lowest BCUT2D eigenvalue weighted by Gasteiger charge is -2.16. The van der Waals surface area contributed by atoms with Crippen molar-refractivity contribution < 1.29 is 0 Å². The van der Waals surface area contributed by atoms with Gasteiger partial charge in [-0.15, -0.1) is 0 Å². The van der Waals surface area contributed by atoms with Crippen molar-refractivity contribution in [3.05, 3.63) is 236 Å². The molecule has 0 bridgehead atoms. The monoisotopic (exact) mass is 804 g/mol. The van der Waals surface area contributed by atoms with Crippen molar-refractivity contribution in [2.75, 3.05) is 0 Å². The Hall–Kier alpha value is -7.94. The summed E-state index contributed by atoms with van der Waals surface area (Å²) in [5.74, 6) is 0.535. The highest BCUT2D eigenvalue weighted by Gasteiger charge is 2.21. The first kappa shape index (κ1) is 36.9. The van der Waals surface area contributed by atoms with Gasteiger partial charge in [0.1, 0.15) is 0 Å². The average Bonchev–Trinajstić information content (AvgIpc) is 3.87. The minimum Gasteiger partial charge on any atom is -0.310 e. The van der Waals surface area contributed by atoms with Crippen LogP contribution in [0.3, 0.4) is 0 Å². The summed E-state index contributed by atoms with van der Waals surface area (Å²) in [6, 6.07) is 80.2. The molecule has 9 aromatic carbocycles. The second-order valence-electron chi connectivity index (χ2n) is 17.1. The lowest BCUT2D eigenvalue weighted by atomic mass is 9.90. The number of fused-ring (bicyclic) bond motifs is 6. The third-order valence-electron chi connectivity index (χ3n) is 13.0. The van der Waals surface area contributed by atoms with Crippen molar-refractivity contribution in [1.82, 2.24) is 9.13 Å². The fourth-order valence-electron chi connectivity index (χ4n) is 9.96. The summed E-state index contributed by atoms with van der Waals surface area (Å²) in [6.07, 6.45) is 5.74. The molecule has 0 saturated heterocycles. The molecule has 1 atom stereocenters. The minimum atomic E-state index is 0.535. The van der Waals surface area contributed by atoms with Crippen molar-refractivity contribution in [1.29, 1.82) is 0 Å². The van der Waals surface area contributed by atoms with E-state index in [1.165, 1.54) is 105 Å². The molecule has 1 unspecified atom stereocenters. The molecule has 2 heterocycles. The summed E-state index contributed by atoms with van der Waals surface area (Å²) in [5.41, 5.74) is 20.6. The molecule has 63 heavy (non-hydrogen) atoms. The summed E-state index contributed by atoms with van der Waals surface area (Å²) in [7, 11) is 0. The van der Waals surface area contributed by atoms with Crippen LogP contribution < -0.4 is 0 Å². The maximum absolute atomic E-state index is 2.44. The smallest absolute Gasteiger partial charge is 0.0541 e. The molecule has 0 radical (unpaired) electrons. The Kier molecular flexibility index (Phi) is 8.90. The van der Waals surface area contributed by atoms with E-state index in [1.54, 1.807) is 0 Å². The topological polar surface area (TPSA) is 9.86 Å². The number of hydrogen-bond donors (Lipinski definition) is 0. The molecule has 11 aromatic rings. The number of hydrogen-bond acceptors (Lipinski definition) is 0. The zero-order chi connectivity index (χ0) is 41.9. The van der Waals surface area contributed by atoms with Crippen LogP contribution in [0.5, 0.6) is 0 Å². The van der Waals surface area contributed by atoms with E-state index in [9.17, 15) is 0 Å². The van der Waals surface area contributed by atoms with Gasteiger partial charge < -0.3 is 9.13 Å². The molecule has 2 heteroatoms. The molecule has 12 rings (SSSR count). The van der Waals surface area contributed by atoms with Crippen molar-refractivity contribution in [2.45, 2.75) is 13.3 Å². The van der Waals surface area contributed by atoms with Crippen LogP contribution in [0.2, 0.25) is 0 Å². The summed E-state index contributed by atoms with van der Waals surface area (Å²) in [4.78, 5) is 0. The Morgan fingerprint density at radius 2 is 0.683 bits per heavy atom.